The number of aromatic nitrogens is 4. The normalized spacial score (nSPS) is 15.0. The van der Waals surface area contributed by atoms with Crippen LogP contribution in [0.25, 0.3) is 16.8 Å². The van der Waals surface area contributed by atoms with E-state index in [2.05, 4.69) is 15.1 Å². The van der Waals surface area contributed by atoms with Crippen molar-refractivity contribution < 1.29 is 23.8 Å². The molecule has 1 amide bonds. The molecule has 28 heavy (non-hydrogen) atoms. The molecular formula is C18H18FN5O4. The minimum Gasteiger partial charge on any atom is -0.481 e. The van der Waals surface area contributed by atoms with E-state index in [9.17, 15) is 9.18 Å². The second kappa shape index (κ2) is 7.29. The Balaban J connectivity index is 1.60. The van der Waals surface area contributed by atoms with Crippen molar-refractivity contribution in [2.24, 2.45) is 0 Å². The summed E-state index contributed by atoms with van der Waals surface area (Å²) < 4.78 is 26.9. The number of amides is 1. The number of likely N-dealkylation sites (tertiary alicyclic amines) is 1. The Bertz CT molecular complexity index is 1020. The summed E-state index contributed by atoms with van der Waals surface area (Å²) in [4.78, 5) is 20.7. The van der Waals surface area contributed by atoms with Crippen LogP contribution in [0.1, 0.15) is 12.8 Å². The van der Waals surface area contributed by atoms with Gasteiger partial charge in [-0.25, -0.2) is 19.2 Å². The van der Waals surface area contributed by atoms with Crippen LogP contribution in [0.15, 0.2) is 30.7 Å². The van der Waals surface area contributed by atoms with Crippen LogP contribution in [0.3, 0.4) is 0 Å². The van der Waals surface area contributed by atoms with Crippen molar-refractivity contribution in [2.75, 3.05) is 20.2 Å². The number of fused-ring (bicyclic) bond motifs is 1. The third-order valence-corrected chi connectivity index (χ3v) is 4.69. The maximum atomic E-state index is 14.4. The van der Waals surface area contributed by atoms with Crippen LogP contribution in [0, 0.1) is 5.82 Å². The molecule has 9 nitrogen and oxygen atoms in total. The Morgan fingerprint density at radius 1 is 1.25 bits per heavy atom. The zero-order valence-corrected chi connectivity index (χ0v) is 15.1. The molecule has 4 rings (SSSR count). The van der Waals surface area contributed by atoms with Crippen molar-refractivity contribution in [1.82, 2.24) is 24.5 Å². The Kier molecular flexibility index (Phi) is 4.68. The monoisotopic (exact) mass is 387 g/mol. The van der Waals surface area contributed by atoms with E-state index in [0.717, 1.165) is 0 Å². The number of carbonyl (C=O) groups is 1. The first-order chi connectivity index (χ1) is 13.6. The molecule has 0 atom stereocenters. The molecule has 0 saturated carbocycles. The molecule has 10 heteroatoms. The van der Waals surface area contributed by atoms with Crippen molar-refractivity contribution in [3.8, 4) is 22.9 Å². The highest BCUT2D eigenvalue weighted by atomic mass is 19.1. The van der Waals surface area contributed by atoms with Gasteiger partial charge in [-0.1, -0.05) is 0 Å². The van der Waals surface area contributed by atoms with Gasteiger partial charge in [-0.05, 0) is 0 Å². The fourth-order valence-corrected chi connectivity index (χ4v) is 3.21. The Morgan fingerprint density at radius 3 is 2.71 bits per heavy atom. The molecular weight excluding hydrogens is 369 g/mol. The van der Waals surface area contributed by atoms with Crippen LogP contribution in [0.5, 0.6) is 11.8 Å². The molecule has 0 spiro atoms. The Morgan fingerprint density at radius 2 is 2.04 bits per heavy atom. The topological polar surface area (TPSA) is 102 Å². The zero-order chi connectivity index (χ0) is 19.7. The van der Waals surface area contributed by atoms with Gasteiger partial charge in [-0.3, -0.25) is 0 Å². The minimum absolute atomic E-state index is 0.131. The second-order valence-electron chi connectivity index (χ2n) is 6.37. The third-order valence-electron chi connectivity index (χ3n) is 4.69. The smallest absolute Gasteiger partial charge is 0.407 e. The number of nitrogens with zero attached hydrogens (tertiary/aromatic N) is 5. The van der Waals surface area contributed by atoms with Crippen LogP contribution in [0.4, 0.5) is 9.18 Å². The molecule has 1 aliphatic rings. The maximum Gasteiger partial charge on any atom is 0.407 e. The minimum atomic E-state index is -0.920. The molecule has 1 saturated heterocycles. The molecule has 0 radical (unpaired) electrons. The zero-order valence-electron chi connectivity index (χ0n) is 15.1. The first-order valence-corrected chi connectivity index (χ1v) is 8.74. The molecule has 0 aliphatic carbocycles. The number of ether oxygens (including phenoxy) is 2. The summed E-state index contributed by atoms with van der Waals surface area (Å²) in [5, 5.41) is 13.3. The standard InChI is InChI=1S/C18H18FN5O4/c1-27-15-8-14(19)12(9-21-15)13-10-22-24-16(2-5-20-17(13)24)28-11-3-6-23(7-4-11)18(25)26/h2,5,8-11H,3-4,6-7H2,1H3,(H,25,26). The predicted octanol–water partition coefficient (Wildman–Crippen LogP) is 2.46. The lowest BCUT2D eigenvalue weighted by atomic mass is 10.1. The van der Waals surface area contributed by atoms with Gasteiger partial charge in [-0.2, -0.15) is 9.61 Å². The van der Waals surface area contributed by atoms with E-state index in [4.69, 9.17) is 14.6 Å². The third kappa shape index (κ3) is 3.28. The highest BCUT2D eigenvalue weighted by Crippen LogP contribution is 2.29. The lowest BCUT2D eigenvalue weighted by Gasteiger charge is -2.30. The number of piperidine rings is 1. The van der Waals surface area contributed by atoms with Crippen molar-refractivity contribution in [3.63, 3.8) is 0 Å². The molecule has 3 aromatic rings. The molecule has 0 unspecified atom stereocenters. The van der Waals surface area contributed by atoms with Crippen molar-refractivity contribution in [2.45, 2.75) is 18.9 Å². The summed E-state index contributed by atoms with van der Waals surface area (Å²) in [7, 11) is 1.42. The van der Waals surface area contributed by atoms with Crippen LogP contribution in [-0.2, 0) is 0 Å². The number of halogens is 1. The van der Waals surface area contributed by atoms with E-state index in [1.54, 1.807) is 12.3 Å². The van der Waals surface area contributed by atoms with E-state index in [1.807, 2.05) is 0 Å². The lowest BCUT2D eigenvalue weighted by molar-refractivity contribution is 0.0857. The van der Waals surface area contributed by atoms with Gasteiger partial charge in [0.15, 0.2) is 5.65 Å². The van der Waals surface area contributed by atoms with Gasteiger partial charge in [0.1, 0.15) is 11.9 Å². The van der Waals surface area contributed by atoms with Gasteiger partial charge in [0.2, 0.25) is 11.8 Å². The molecule has 4 heterocycles. The summed E-state index contributed by atoms with van der Waals surface area (Å²) in [6.07, 6.45) is 4.57. The Hall–Kier alpha value is -3.43. The van der Waals surface area contributed by atoms with Gasteiger partial charge in [-0.15, -0.1) is 0 Å². The highest BCUT2D eigenvalue weighted by molar-refractivity contribution is 5.77. The largest absolute Gasteiger partial charge is 0.481 e. The molecule has 1 fully saturated rings. The fourth-order valence-electron chi connectivity index (χ4n) is 3.21. The van der Waals surface area contributed by atoms with E-state index in [-0.39, 0.29) is 17.5 Å². The summed E-state index contributed by atoms with van der Waals surface area (Å²) in [6, 6.07) is 2.88. The number of hydrogen-bond acceptors (Lipinski definition) is 6. The van der Waals surface area contributed by atoms with Crippen molar-refractivity contribution in [1.29, 1.82) is 0 Å². The number of carboxylic acid groups (broad SMARTS) is 1. The quantitative estimate of drug-likeness (QED) is 0.734. The van der Waals surface area contributed by atoms with Crippen LogP contribution < -0.4 is 9.47 Å². The summed E-state index contributed by atoms with van der Waals surface area (Å²) in [5.74, 6) is 0.158. The van der Waals surface area contributed by atoms with Gasteiger partial charge in [0.05, 0.1) is 18.9 Å². The molecule has 1 N–H and O–H groups in total. The molecule has 3 aromatic heterocycles. The van der Waals surface area contributed by atoms with E-state index in [0.29, 0.717) is 43.0 Å². The number of pyridine rings is 1. The average molecular weight is 387 g/mol. The fraction of sp³-hybridized carbons (Fsp3) is 0.333. The second-order valence-corrected chi connectivity index (χ2v) is 6.37. The molecule has 1 aliphatic heterocycles. The van der Waals surface area contributed by atoms with Crippen LogP contribution >= 0.6 is 0 Å². The summed E-state index contributed by atoms with van der Waals surface area (Å²) in [5.41, 5.74) is 1.18. The predicted molar refractivity (Wildman–Crippen MR) is 96.0 cm³/mol. The number of hydrogen-bond donors (Lipinski definition) is 1. The van der Waals surface area contributed by atoms with Gasteiger partial charge in [0, 0.05) is 56.0 Å². The molecule has 0 bridgehead atoms. The molecule has 146 valence electrons. The highest BCUT2D eigenvalue weighted by Gasteiger charge is 2.24. The molecule has 0 aromatic carbocycles. The van der Waals surface area contributed by atoms with Crippen molar-refractivity contribution in [3.05, 3.63) is 36.5 Å². The lowest BCUT2D eigenvalue weighted by Crippen LogP contribution is -2.41. The van der Waals surface area contributed by atoms with Gasteiger partial charge in [0.25, 0.3) is 0 Å². The Labute approximate surface area is 159 Å². The average Bonchev–Trinajstić information content (AvgIpc) is 3.13. The van der Waals surface area contributed by atoms with Gasteiger partial charge >= 0.3 is 6.09 Å². The van der Waals surface area contributed by atoms with E-state index in [1.165, 1.54) is 35.0 Å². The summed E-state index contributed by atoms with van der Waals surface area (Å²) in [6.45, 7) is 0.836. The van der Waals surface area contributed by atoms with Crippen LogP contribution in [-0.4, -0.2) is 62.0 Å². The van der Waals surface area contributed by atoms with E-state index >= 15 is 0 Å². The van der Waals surface area contributed by atoms with Crippen LogP contribution in [0.2, 0.25) is 0 Å². The maximum absolute atomic E-state index is 14.4. The van der Waals surface area contributed by atoms with Gasteiger partial charge < -0.3 is 19.5 Å². The first kappa shape index (κ1) is 18.0. The number of methoxy groups -OCH3 is 1. The number of rotatable bonds is 4. The SMILES string of the molecule is COc1cc(F)c(-c2cnn3c(OC4CCN(C(=O)O)CC4)ccnc23)cn1. The first-order valence-electron chi connectivity index (χ1n) is 8.74. The summed E-state index contributed by atoms with van der Waals surface area (Å²) >= 11 is 0. The van der Waals surface area contributed by atoms with Crippen molar-refractivity contribution >= 4 is 11.7 Å². The van der Waals surface area contributed by atoms with E-state index < -0.39 is 11.9 Å².